The summed E-state index contributed by atoms with van der Waals surface area (Å²) in [4.78, 5) is 28.6. The SMILES string of the molecule is O=C(Cn1nc2c(c1NC(=O)c1c[nH]c3ccccc13)CSC2)NC[C@H]1CCCO1. The van der Waals surface area contributed by atoms with E-state index in [-0.39, 0.29) is 24.5 Å². The van der Waals surface area contributed by atoms with Gasteiger partial charge in [-0.2, -0.15) is 16.9 Å². The van der Waals surface area contributed by atoms with Crippen molar-refractivity contribution < 1.29 is 14.3 Å². The van der Waals surface area contributed by atoms with E-state index in [4.69, 9.17) is 4.74 Å². The van der Waals surface area contributed by atoms with Gasteiger partial charge in [0.1, 0.15) is 12.4 Å². The molecule has 0 radical (unpaired) electrons. The Balaban J connectivity index is 1.34. The predicted octanol–water partition coefficient (Wildman–Crippen LogP) is 2.66. The smallest absolute Gasteiger partial charge is 0.258 e. The second-order valence-corrected chi connectivity index (χ2v) is 8.55. The van der Waals surface area contributed by atoms with Crippen LogP contribution >= 0.6 is 11.8 Å². The van der Waals surface area contributed by atoms with Crippen molar-refractivity contribution in [1.82, 2.24) is 20.1 Å². The molecule has 2 amide bonds. The number of fused-ring (bicyclic) bond motifs is 2. The van der Waals surface area contributed by atoms with Crippen LogP contribution in [0.2, 0.25) is 0 Å². The Morgan fingerprint density at radius 3 is 3.07 bits per heavy atom. The minimum absolute atomic E-state index is 0.0634. The van der Waals surface area contributed by atoms with E-state index in [0.29, 0.717) is 17.9 Å². The number of aromatic nitrogens is 3. The molecule has 0 bridgehead atoms. The molecule has 5 rings (SSSR count). The number of anilines is 1. The fraction of sp³-hybridized carbons (Fsp3) is 0.381. The van der Waals surface area contributed by atoms with E-state index >= 15 is 0 Å². The van der Waals surface area contributed by atoms with Gasteiger partial charge in [-0.3, -0.25) is 9.59 Å². The lowest BCUT2D eigenvalue weighted by atomic mass is 10.1. The molecule has 2 aliphatic heterocycles. The number of hydrogen-bond acceptors (Lipinski definition) is 5. The van der Waals surface area contributed by atoms with Crippen LogP contribution in [0.1, 0.15) is 34.5 Å². The van der Waals surface area contributed by atoms with E-state index in [1.807, 2.05) is 24.3 Å². The van der Waals surface area contributed by atoms with Gasteiger partial charge < -0.3 is 20.4 Å². The topological polar surface area (TPSA) is 101 Å². The molecule has 9 heteroatoms. The molecular formula is C21H23N5O3S. The minimum Gasteiger partial charge on any atom is -0.376 e. The summed E-state index contributed by atoms with van der Waals surface area (Å²) in [5.74, 6) is 1.82. The Labute approximate surface area is 177 Å². The third-order valence-electron chi connectivity index (χ3n) is 5.53. The number of nitrogens with one attached hydrogen (secondary N) is 3. The number of carbonyl (C=O) groups excluding carboxylic acids is 2. The fourth-order valence-corrected chi connectivity index (χ4v) is 5.01. The first-order chi connectivity index (χ1) is 14.7. The van der Waals surface area contributed by atoms with Crippen LogP contribution in [-0.2, 0) is 27.6 Å². The Morgan fingerprint density at radius 1 is 1.30 bits per heavy atom. The Morgan fingerprint density at radius 2 is 2.20 bits per heavy atom. The molecule has 0 aliphatic carbocycles. The van der Waals surface area contributed by atoms with Gasteiger partial charge in [-0.25, -0.2) is 4.68 Å². The summed E-state index contributed by atoms with van der Waals surface area (Å²) in [5, 5.41) is 11.4. The van der Waals surface area contributed by atoms with Gasteiger partial charge in [0.15, 0.2) is 0 Å². The van der Waals surface area contributed by atoms with Crippen LogP contribution in [-0.4, -0.2) is 45.8 Å². The molecule has 0 spiro atoms. The number of hydrogen-bond donors (Lipinski definition) is 3. The van der Waals surface area contributed by atoms with Gasteiger partial charge in [0.2, 0.25) is 5.91 Å². The fourth-order valence-electron chi connectivity index (χ4n) is 3.98. The highest BCUT2D eigenvalue weighted by molar-refractivity contribution is 7.98. The van der Waals surface area contributed by atoms with Crippen molar-refractivity contribution in [1.29, 1.82) is 0 Å². The second kappa shape index (κ2) is 8.16. The summed E-state index contributed by atoms with van der Waals surface area (Å²) < 4.78 is 7.17. The molecule has 3 N–H and O–H groups in total. The summed E-state index contributed by atoms with van der Waals surface area (Å²) in [6.45, 7) is 1.33. The van der Waals surface area contributed by atoms with Crippen molar-refractivity contribution in [3.8, 4) is 0 Å². The number of H-pyrrole nitrogens is 1. The molecule has 156 valence electrons. The van der Waals surface area contributed by atoms with E-state index < -0.39 is 0 Å². The molecule has 30 heavy (non-hydrogen) atoms. The lowest BCUT2D eigenvalue weighted by molar-refractivity contribution is -0.122. The van der Waals surface area contributed by atoms with Crippen LogP contribution in [0.3, 0.4) is 0 Å². The molecule has 0 saturated carbocycles. The van der Waals surface area contributed by atoms with Crippen LogP contribution in [0.4, 0.5) is 5.82 Å². The standard InChI is InChI=1S/C21H23N5O3S/c27-19(23-8-13-4-3-7-29-13)10-26-20(16-11-30-12-18(16)25-26)24-21(28)15-9-22-17-6-2-1-5-14(15)17/h1-2,5-6,9,13,22H,3-4,7-8,10-12H2,(H,23,27)(H,24,28)/t13-/m1/s1. The van der Waals surface area contributed by atoms with Crippen molar-refractivity contribution in [2.24, 2.45) is 0 Å². The number of aromatic amines is 1. The van der Waals surface area contributed by atoms with Gasteiger partial charge in [-0.05, 0) is 18.9 Å². The Bertz CT molecular complexity index is 1100. The maximum Gasteiger partial charge on any atom is 0.258 e. The average Bonchev–Trinajstić information content (AvgIpc) is 3.52. The van der Waals surface area contributed by atoms with Crippen LogP contribution < -0.4 is 10.6 Å². The van der Waals surface area contributed by atoms with E-state index in [1.54, 1.807) is 22.6 Å². The molecule has 1 saturated heterocycles. The van der Waals surface area contributed by atoms with Crippen molar-refractivity contribution >= 4 is 40.3 Å². The Hall–Kier alpha value is -2.78. The average molecular weight is 426 g/mol. The van der Waals surface area contributed by atoms with Crippen molar-refractivity contribution in [2.75, 3.05) is 18.5 Å². The van der Waals surface area contributed by atoms with E-state index in [9.17, 15) is 9.59 Å². The van der Waals surface area contributed by atoms with Gasteiger partial charge in [0.05, 0.1) is 17.4 Å². The normalized spacial score (nSPS) is 17.9. The zero-order valence-electron chi connectivity index (χ0n) is 16.4. The van der Waals surface area contributed by atoms with Crippen molar-refractivity contribution in [3.63, 3.8) is 0 Å². The van der Waals surface area contributed by atoms with Crippen LogP contribution in [0, 0.1) is 0 Å². The number of nitrogens with zero attached hydrogens (tertiary/aromatic N) is 2. The minimum atomic E-state index is -0.215. The van der Waals surface area contributed by atoms with Gasteiger partial charge >= 0.3 is 0 Å². The summed E-state index contributed by atoms with van der Waals surface area (Å²) >= 11 is 1.76. The summed E-state index contributed by atoms with van der Waals surface area (Å²) in [6.07, 6.45) is 3.81. The second-order valence-electron chi connectivity index (χ2n) is 7.57. The van der Waals surface area contributed by atoms with Crippen LogP contribution in [0.5, 0.6) is 0 Å². The number of benzene rings is 1. The first-order valence-corrected chi connectivity index (χ1v) is 11.3. The van der Waals surface area contributed by atoms with Crippen molar-refractivity contribution in [2.45, 2.75) is 37.0 Å². The zero-order chi connectivity index (χ0) is 20.5. The summed E-state index contributed by atoms with van der Waals surface area (Å²) in [7, 11) is 0. The van der Waals surface area contributed by atoms with Gasteiger partial charge in [-0.15, -0.1) is 0 Å². The summed E-state index contributed by atoms with van der Waals surface area (Å²) in [6, 6.07) is 7.68. The molecular weight excluding hydrogens is 402 g/mol. The first kappa shape index (κ1) is 19.2. The molecule has 4 heterocycles. The maximum absolute atomic E-state index is 13.0. The third kappa shape index (κ3) is 3.70. The van der Waals surface area contributed by atoms with Gasteiger partial charge in [0.25, 0.3) is 5.91 Å². The zero-order valence-corrected chi connectivity index (χ0v) is 17.3. The molecule has 8 nitrogen and oxygen atoms in total. The molecule has 1 fully saturated rings. The molecule has 0 unspecified atom stereocenters. The molecule has 2 aliphatic rings. The van der Waals surface area contributed by atoms with Gasteiger partial charge in [0, 0.05) is 47.3 Å². The highest BCUT2D eigenvalue weighted by Gasteiger charge is 2.26. The highest BCUT2D eigenvalue weighted by atomic mass is 32.2. The number of para-hydroxylation sites is 1. The maximum atomic E-state index is 13.0. The quantitative estimate of drug-likeness (QED) is 0.564. The Kier molecular flexibility index (Phi) is 5.22. The molecule has 1 aromatic carbocycles. The van der Waals surface area contributed by atoms with Crippen molar-refractivity contribution in [3.05, 3.63) is 47.3 Å². The molecule has 2 aromatic heterocycles. The number of rotatable bonds is 6. The lowest BCUT2D eigenvalue weighted by Crippen LogP contribution is -2.34. The molecule has 3 aromatic rings. The number of ether oxygens (including phenoxy) is 1. The predicted molar refractivity (Wildman–Crippen MR) is 115 cm³/mol. The largest absolute Gasteiger partial charge is 0.376 e. The van der Waals surface area contributed by atoms with E-state index in [1.165, 1.54) is 0 Å². The third-order valence-corrected chi connectivity index (χ3v) is 6.50. The number of thioether (sulfide) groups is 1. The molecule has 1 atom stereocenters. The highest BCUT2D eigenvalue weighted by Crippen LogP contribution is 2.35. The lowest BCUT2D eigenvalue weighted by Gasteiger charge is -2.13. The van der Waals surface area contributed by atoms with Crippen LogP contribution in [0.15, 0.2) is 30.5 Å². The summed E-state index contributed by atoms with van der Waals surface area (Å²) in [5.41, 5.74) is 3.41. The van der Waals surface area contributed by atoms with Crippen LogP contribution in [0.25, 0.3) is 10.9 Å². The number of carbonyl (C=O) groups is 2. The monoisotopic (exact) mass is 425 g/mol. The van der Waals surface area contributed by atoms with E-state index in [2.05, 4.69) is 20.7 Å². The van der Waals surface area contributed by atoms with E-state index in [0.717, 1.165) is 53.1 Å². The van der Waals surface area contributed by atoms with Gasteiger partial charge in [-0.1, -0.05) is 18.2 Å². The first-order valence-electron chi connectivity index (χ1n) is 10.1. The number of amides is 2.